The van der Waals surface area contributed by atoms with E-state index in [1.807, 2.05) is 25.1 Å². The van der Waals surface area contributed by atoms with Crippen LogP contribution in [0, 0.1) is 0 Å². The molecule has 2 N–H and O–H groups in total. The van der Waals surface area contributed by atoms with Gasteiger partial charge in [0.05, 0.1) is 6.61 Å². The second kappa shape index (κ2) is 6.64. The maximum absolute atomic E-state index is 11.9. The SMILES string of the molecule is CC(N)Cc1cccc(OCCCC(F)(F)F)c1. The Morgan fingerprint density at radius 2 is 2.06 bits per heavy atom. The lowest BCUT2D eigenvalue weighted by atomic mass is 10.1. The molecule has 1 atom stereocenters. The molecule has 0 fully saturated rings. The fraction of sp³-hybridized carbons (Fsp3) is 0.538. The standard InChI is InChI=1S/C13H18F3NO/c1-10(17)8-11-4-2-5-12(9-11)18-7-3-6-13(14,15)16/h2,4-5,9-10H,3,6-8,17H2,1H3. The highest BCUT2D eigenvalue weighted by atomic mass is 19.4. The van der Waals surface area contributed by atoms with Gasteiger partial charge in [0.1, 0.15) is 5.75 Å². The summed E-state index contributed by atoms with van der Waals surface area (Å²) in [6, 6.07) is 7.34. The molecule has 0 aliphatic carbocycles. The molecule has 1 rings (SSSR count). The van der Waals surface area contributed by atoms with Gasteiger partial charge in [-0.25, -0.2) is 0 Å². The first kappa shape index (κ1) is 14.8. The van der Waals surface area contributed by atoms with Crippen molar-refractivity contribution in [3.8, 4) is 5.75 Å². The van der Waals surface area contributed by atoms with Gasteiger partial charge in [-0.2, -0.15) is 13.2 Å². The molecule has 1 aromatic rings. The molecule has 102 valence electrons. The second-order valence-electron chi connectivity index (χ2n) is 4.40. The summed E-state index contributed by atoms with van der Waals surface area (Å²) < 4.78 is 41.0. The fourth-order valence-electron chi connectivity index (χ4n) is 1.60. The highest BCUT2D eigenvalue weighted by Gasteiger charge is 2.26. The molecule has 2 nitrogen and oxygen atoms in total. The Kier molecular flexibility index (Phi) is 5.47. The lowest BCUT2D eigenvalue weighted by molar-refractivity contribution is -0.136. The van der Waals surface area contributed by atoms with Crippen LogP contribution >= 0.6 is 0 Å². The van der Waals surface area contributed by atoms with Crippen molar-refractivity contribution < 1.29 is 17.9 Å². The molecule has 5 heteroatoms. The molecule has 0 amide bonds. The van der Waals surface area contributed by atoms with E-state index < -0.39 is 12.6 Å². The summed E-state index contributed by atoms with van der Waals surface area (Å²) in [5.74, 6) is 0.593. The molecule has 1 aromatic carbocycles. The Labute approximate surface area is 105 Å². The summed E-state index contributed by atoms with van der Waals surface area (Å²) in [4.78, 5) is 0. The minimum Gasteiger partial charge on any atom is -0.494 e. The average molecular weight is 261 g/mol. The highest BCUT2D eigenvalue weighted by Crippen LogP contribution is 2.21. The Morgan fingerprint density at radius 3 is 2.67 bits per heavy atom. The summed E-state index contributed by atoms with van der Waals surface area (Å²) in [5.41, 5.74) is 6.70. The third kappa shape index (κ3) is 6.49. The van der Waals surface area contributed by atoms with Crippen LogP contribution in [0.15, 0.2) is 24.3 Å². The molecule has 0 heterocycles. The van der Waals surface area contributed by atoms with Gasteiger partial charge in [0, 0.05) is 12.5 Å². The van der Waals surface area contributed by atoms with Crippen LogP contribution in [0.3, 0.4) is 0 Å². The van der Waals surface area contributed by atoms with Crippen molar-refractivity contribution in [2.45, 2.75) is 38.4 Å². The average Bonchev–Trinajstić information content (AvgIpc) is 2.23. The first-order valence-corrected chi connectivity index (χ1v) is 5.91. The maximum atomic E-state index is 11.9. The van der Waals surface area contributed by atoms with Crippen LogP contribution < -0.4 is 10.5 Å². The minimum atomic E-state index is -4.11. The van der Waals surface area contributed by atoms with Crippen LogP contribution in [0.25, 0.3) is 0 Å². The zero-order chi connectivity index (χ0) is 13.6. The molecule has 0 spiro atoms. The summed E-state index contributed by atoms with van der Waals surface area (Å²) in [6.07, 6.45) is -4.23. The molecule has 1 unspecified atom stereocenters. The number of halogens is 3. The smallest absolute Gasteiger partial charge is 0.389 e. The largest absolute Gasteiger partial charge is 0.494 e. The van der Waals surface area contributed by atoms with Gasteiger partial charge in [-0.3, -0.25) is 0 Å². The van der Waals surface area contributed by atoms with Crippen LogP contribution in [0.4, 0.5) is 13.2 Å². The molecular formula is C13H18F3NO. The van der Waals surface area contributed by atoms with Crippen molar-refractivity contribution in [2.75, 3.05) is 6.61 Å². The van der Waals surface area contributed by atoms with Crippen LogP contribution in [0.1, 0.15) is 25.3 Å². The summed E-state index contributed by atoms with van der Waals surface area (Å²) >= 11 is 0. The first-order valence-electron chi connectivity index (χ1n) is 5.91. The van der Waals surface area contributed by atoms with Crippen LogP contribution in [0.2, 0.25) is 0 Å². The summed E-state index contributed by atoms with van der Waals surface area (Å²) in [7, 11) is 0. The van der Waals surface area contributed by atoms with Gasteiger partial charge in [0.2, 0.25) is 0 Å². The predicted molar refractivity (Wildman–Crippen MR) is 64.6 cm³/mol. The Morgan fingerprint density at radius 1 is 1.33 bits per heavy atom. The van der Waals surface area contributed by atoms with Gasteiger partial charge in [-0.15, -0.1) is 0 Å². The van der Waals surface area contributed by atoms with Gasteiger partial charge in [-0.1, -0.05) is 12.1 Å². The first-order chi connectivity index (χ1) is 8.37. The third-order valence-corrected chi connectivity index (χ3v) is 2.33. The lowest BCUT2D eigenvalue weighted by Gasteiger charge is -2.10. The van der Waals surface area contributed by atoms with Crippen molar-refractivity contribution in [2.24, 2.45) is 5.73 Å². The Balaban J connectivity index is 2.38. The molecule has 0 aliphatic heterocycles. The predicted octanol–water partition coefficient (Wildman–Crippen LogP) is 3.30. The van der Waals surface area contributed by atoms with Crippen LogP contribution in [-0.2, 0) is 6.42 Å². The molecule has 0 bridgehead atoms. The zero-order valence-electron chi connectivity index (χ0n) is 10.3. The van der Waals surface area contributed by atoms with Crippen molar-refractivity contribution in [3.05, 3.63) is 29.8 Å². The van der Waals surface area contributed by atoms with Gasteiger partial charge < -0.3 is 10.5 Å². The number of alkyl halides is 3. The van der Waals surface area contributed by atoms with E-state index in [4.69, 9.17) is 10.5 Å². The number of nitrogens with two attached hydrogens (primary N) is 1. The zero-order valence-corrected chi connectivity index (χ0v) is 10.3. The van der Waals surface area contributed by atoms with E-state index in [1.165, 1.54) is 0 Å². The number of ether oxygens (including phenoxy) is 1. The molecule has 0 saturated carbocycles. The number of hydrogen-bond donors (Lipinski definition) is 1. The van der Waals surface area contributed by atoms with E-state index in [2.05, 4.69) is 0 Å². The van der Waals surface area contributed by atoms with Gasteiger partial charge >= 0.3 is 6.18 Å². The number of benzene rings is 1. The topological polar surface area (TPSA) is 35.2 Å². The number of rotatable bonds is 6. The van der Waals surface area contributed by atoms with Crippen molar-refractivity contribution in [3.63, 3.8) is 0 Å². The van der Waals surface area contributed by atoms with Crippen LogP contribution in [0.5, 0.6) is 5.75 Å². The highest BCUT2D eigenvalue weighted by molar-refractivity contribution is 5.28. The molecule has 0 aromatic heterocycles. The van der Waals surface area contributed by atoms with Gasteiger partial charge in [0.15, 0.2) is 0 Å². The monoisotopic (exact) mass is 261 g/mol. The van der Waals surface area contributed by atoms with Crippen LogP contribution in [-0.4, -0.2) is 18.8 Å². The summed E-state index contributed by atoms with van der Waals surface area (Å²) in [5, 5.41) is 0. The third-order valence-electron chi connectivity index (χ3n) is 2.33. The normalized spacial score (nSPS) is 13.4. The minimum absolute atomic E-state index is 0.0268. The summed E-state index contributed by atoms with van der Waals surface area (Å²) in [6.45, 7) is 1.97. The fourth-order valence-corrected chi connectivity index (χ4v) is 1.60. The molecule has 18 heavy (non-hydrogen) atoms. The molecular weight excluding hydrogens is 243 g/mol. The lowest BCUT2D eigenvalue weighted by Crippen LogP contribution is -2.17. The quantitative estimate of drug-likeness (QED) is 0.797. The van der Waals surface area contributed by atoms with Crippen molar-refractivity contribution >= 4 is 0 Å². The van der Waals surface area contributed by atoms with E-state index in [-0.39, 0.29) is 19.1 Å². The maximum Gasteiger partial charge on any atom is 0.389 e. The number of hydrogen-bond acceptors (Lipinski definition) is 2. The molecule has 0 aliphatic rings. The van der Waals surface area contributed by atoms with Gasteiger partial charge in [0.25, 0.3) is 0 Å². The van der Waals surface area contributed by atoms with E-state index in [1.54, 1.807) is 6.07 Å². The van der Waals surface area contributed by atoms with E-state index in [9.17, 15) is 13.2 Å². The van der Waals surface area contributed by atoms with Gasteiger partial charge in [-0.05, 0) is 37.5 Å². The van der Waals surface area contributed by atoms with E-state index in [0.717, 1.165) is 12.0 Å². The van der Waals surface area contributed by atoms with E-state index in [0.29, 0.717) is 5.75 Å². The van der Waals surface area contributed by atoms with Crippen molar-refractivity contribution in [1.29, 1.82) is 0 Å². The second-order valence-corrected chi connectivity index (χ2v) is 4.40. The molecule has 0 radical (unpaired) electrons. The Hall–Kier alpha value is -1.23. The van der Waals surface area contributed by atoms with Crippen molar-refractivity contribution in [1.82, 2.24) is 0 Å². The molecule has 0 saturated heterocycles. The van der Waals surface area contributed by atoms with E-state index >= 15 is 0 Å². The Bertz CT molecular complexity index is 363.